The smallest absolute Gasteiger partial charge is 0.223 e. The van der Waals surface area contributed by atoms with E-state index in [2.05, 4.69) is 20.3 Å². The molecule has 1 aliphatic rings. The minimum atomic E-state index is -0.515. The highest BCUT2D eigenvalue weighted by molar-refractivity contribution is 5.88. The van der Waals surface area contributed by atoms with E-state index in [4.69, 9.17) is 5.73 Å². The van der Waals surface area contributed by atoms with E-state index in [0.29, 0.717) is 11.3 Å². The third-order valence-corrected chi connectivity index (χ3v) is 3.64. The van der Waals surface area contributed by atoms with Crippen LogP contribution < -0.4 is 11.1 Å². The highest BCUT2D eigenvalue weighted by Crippen LogP contribution is 2.23. The summed E-state index contributed by atoms with van der Waals surface area (Å²) in [7, 11) is 0. The molecule has 3 rings (SSSR count). The van der Waals surface area contributed by atoms with E-state index in [-0.39, 0.29) is 23.5 Å². The molecule has 1 saturated carbocycles. The second kappa shape index (κ2) is 5.16. The van der Waals surface area contributed by atoms with Crippen LogP contribution in [-0.4, -0.2) is 32.2 Å². The van der Waals surface area contributed by atoms with Crippen molar-refractivity contribution >= 4 is 22.7 Å². The zero-order valence-electron chi connectivity index (χ0n) is 10.9. The van der Waals surface area contributed by atoms with Crippen molar-refractivity contribution in [2.24, 2.45) is 0 Å². The number of hydrogen-bond acceptors (Lipinski definition) is 6. The average Bonchev–Trinajstić information content (AvgIpc) is 2.46. The maximum Gasteiger partial charge on any atom is 0.223 e. The minimum Gasteiger partial charge on any atom is -0.393 e. The van der Waals surface area contributed by atoms with Gasteiger partial charge in [-0.1, -0.05) is 0 Å². The van der Waals surface area contributed by atoms with E-state index in [0.717, 1.165) is 31.9 Å². The Balaban J connectivity index is 1.84. The van der Waals surface area contributed by atoms with Gasteiger partial charge in [0.05, 0.1) is 17.7 Å². The van der Waals surface area contributed by atoms with Gasteiger partial charge in [-0.05, 0) is 25.7 Å². The highest BCUT2D eigenvalue weighted by Gasteiger charge is 2.20. The normalized spacial score (nSPS) is 22.9. The molecular weight excluding hydrogens is 261 g/mol. The monoisotopic (exact) mass is 277 g/mol. The van der Waals surface area contributed by atoms with Gasteiger partial charge in [0.1, 0.15) is 11.3 Å². The maximum atomic E-state index is 13.7. The number of nitrogen functional groups attached to an aromatic ring is 1. The number of hydrogen-bond donors (Lipinski definition) is 3. The third kappa shape index (κ3) is 2.49. The lowest BCUT2D eigenvalue weighted by Gasteiger charge is -2.26. The largest absolute Gasteiger partial charge is 0.393 e. The Kier molecular flexibility index (Phi) is 3.35. The van der Waals surface area contributed by atoms with Crippen LogP contribution in [0.4, 0.5) is 16.2 Å². The van der Waals surface area contributed by atoms with Gasteiger partial charge in [-0.25, -0.2) is 19.3 Å². The number of halogens is 1. The molecule has 0 bridgehead atoms. The molecule has 1 fully saturated rings. The molecule has 0 aromatic carbocycles. The molecule has 2 heterocycles. The summed E-state index contributed by atoms with van der Waals surface area (Å²) in [5.41, 5.74) is 5.84. The Hall–Kier alpha value is -2.02. The molecular formula is C13H16FN5O. The molecule has 0 aliphatic heterocycles. The van der Waals surface area contributed by atoms with Crippen molar-refractivity contribution < 1.29 is 9.50 Å². The summed E-state index contributed by atoms with van der Waals surface area (Å²) in [6.07, 6.45) is 5.55. The molecule has 0 saturated heterocycles. The Morgan fingerprint density at radius 1 is 1.20 bits per heavy atom. The molecule has 20 heavy (non-hydrogen) atoms. The van der Waals surface area contributed by atoms with Crippen LogP contribution in [0.15, 0.2) is 12.4 Å². The molecule has 1 aliphatic carbocycles. The molecule has 0 spiro atoms. The maximum absolute atomic E-state index is 13.7. The molecule has 0 amide bonds. The molecule has 7 heteroatoms. The lowest BCUT2D eigenvalue weighted by molar-refractivity contribution is 0.126. The van der Waals surface area contributed by atoms with Gasteiger partial charge in [-0.15, -0.1) is 0 Å². The summed E-state index contributed by atoms with van der Waals surface area (Å²) < 4.78 is 13.7. The van der Waals surface area contributed by atoms with Gasteiger partial charge in [-0.3, -0.25) is 0 Å². The first-order valence-corrected chi connectivity index (χ1v) is 6.65. The zero-order chi connectivity index (χ0) is 14.1. The minimum absolute atomic E-state index is 0.172. The van der Waals surface area contributed by atoms with Crippen LogP contribution in [0.3, 0.4) is 0 Å². The summed E-state index contributed by atoms with van der Waals surface area (Å²) in [6, 6.07) is 0.207. The van der Waals surface area contributed by atoms with Gasteiger partial charge in [0.15, 0.2) is 5.82 Å². The van der Waals surface area contributed by atoms with Gasteiger partial charge in [0.25, 0.3) is 0 Å². The van der Waals surface area contributed by atoms with Crippen molar-refractivity contribution in [2.45, 2.75) is 37.8 Å². The number of anilines is 2. The Morgan fingerprint density at radius 3 is 2.70 bits per heavy atom. The second-order valence-corrected chi connectivity index (χ2v) is 5.10. The van der Waals surface area contributed by atoms with E-state index >= 15 is 0 Å². The SMILES string of the molecule is Nc1ncc(F)c2nc(N[C@H]3CC[C@H](O)CC3)ncc12. The summed E-state index contributed by atoms with van der Waals surface area (Å²) in [4.78, 5) is 12.1. The summed E-state index contributed by atoms with van der Waals surface area (Å²) >= 11 is 0. The van der Waals surface area contributed by atoms with Crippen molar-refractivity contribution in [1.82, 2.24) is 15.0 Å². The molecule has 106 valence electrons. The fraction of sp³-hybridized carbons (Fsp3) is 0.462. The van der Waals surface area contributed by atoms with Crippen LogP contribution in [-0.2, 0) is 0 Å². The quantitative estimate of drug-likeness (QED) is 0.769. The van der Waals surface area contributed by atoms with E-state index in [1.165, 1.54) is 6.20 Å². The van der Waals surface area contributed by atoms with E-state index < -0.39 is 5.82 Å². The summed E-state index contributed by atoms with van der Waals surface area (Å²) in [6.45, 7) is 0. The molecule has 0 unspecified atom stereocenters. The zero-order valence-corrected chi connectivity index (χ0v) is 10.9. The van der Waals surface area contributed by atoms with Crippen molar-refractivity contribution in [2.75, 3.05) is 11.1 Å². The van der Waals surface area contributed by atoms with Gasteiger partial charge in [0, 0.05) is 12.2 Å². The van der Waals surface area contributed by atoms with Crippen molar-refractivity contribution in [3.8, 4) is 0 Å². The van der Waals surface area contributed by atoms with Crippen molar-refractivity contribution in [3.05, 3.63) is 18.2 Å². The van der Waals surface area contributed by atoms with Crippen LogP contribution in [0, 0.1) is 5.82 Å². The Bertz CT molecular complexity index is 627. The molecule has 0 radical (unpaired) electrons. The van der Waals surface area contributed by atoms with Crippen LogP contribution in [0.25, 0.3) is 10.9 Å². The first-order chi connectivity index (χ1) is 9.63. The second-order valence-electron chi connectivity index (χ2n) is 5.10. The van der Waals surface area contributed by atoms with Gasteiger partial charge < -0.3 is 16.2 Å². The summed E-state index contributed by atoms with van der Waals surface area (Å²) in [5, 5.41) is 13.1. The first kappa shape index (κ1) is 13.0. The number of nitrogens with two attached hydrogens (primary N) is 1. The van der Waals surface area contributed by atoms with Crippen LogP contribution in [0.1, 0.15) is 25.7 Å². The van der Waals surface area contributed by atoms with Crippen molar-refractivity contribution in [1.29, 1.82) is 0 Å². The van der Waals surface area contributed by atoms with Crippen LogP contribution in [0.5, 0.6) is 0 Å². The fourth-order valence-corrected chi connectivity index (χ4v) is 2.48. The molecule has 2 aromatic rings. The fourth-order valence-electron chi connectivity index (χ4n) is 2.48. The predicted octanol–water partition coefficient (Wildman–Crippen LogP) is 1.46. The van der Waals surface area contributed by atoms with Crippen molar-refractivity contribution in [3.63, 3.8) is 0 Å². The lowest BCUT2D eigenvalue weighted by Crippen LogP contribution is -2.28. The first-order valence-electron chi connectivity index (χ1n) is 6.65. The van der Waals surface area contributed by atoms with Gasteiger partial charge in [-0.2, -0.15) is 0 Å². The highest BCUT2D eigenvalue weighted by atomic mass is 19.1. The number of rotatable bonds is 2. The number of fused-ring (bicyclic) bond motifs is 1. The topological polar surface area (TPSA) is 97.0 Å². The lowest BCUT2D eigenvalue weighted by atomic mass is 9.93. The van der Waals surface area contributed by atoms with E-state index in [9.17, 15) is 9.50 Å². The van der Waals surface area contributed by atoms with E-state index in [1.807, 2.05) is 0 Å². The molecule has 0 atom stereocenters. The summed E-state index contributed by atoms with van der Waals surface area (Å²) in [5.74, 6) is 0.0795. The third-order valence-electron chi connectivity index (χ3n) is 3.64. The number of aliphatic hydroxyl groups is 1. The Labute approximate surface area is 115 Å². The molecule has 2 aromatic heterocycles. The number of pyridine rings is 1. The average molecular weight is 277 g/mol. The number of aliphatic hydroxyl groups excluding tert-OH is 1. The molecule has 6 nitrogen and oxygen atoms in total. The van der Waals surface area contributed by atoms with E-state index in [1.54, 1.807) is 0 Å². The van der Waals surface area contributed by atoms with Gasteiger partial charge in [0.2, 0.25) is 5.95 Å². The number of aromatic nitrogens is 3. The van der Waals surface area contributed by atoms with Gasteiger partial charge >= 0.3 is 0 Å². The predicted molar refractivity (Wildman–Crippen MR) is 73.6 cm³/mol. The Morgan fingerprint density at radius 2 is 1.95 bits per heavy atom. The standard InChI is InChI=1S/C13H16FN5O/c14-10-6-16-12(15)9-5-17-13(19-11(9)10)18-7-1-3-8(20)4-2-7/h5-8,20H,1-4H2,(H2,15,16)(H,17,18,19)/t7-,8-. The number of nitrogens with zero attached hydrogens (tertiary/aromatic N) is 3. The van der Waals surface area contributed by atoms with Crippen LogP contribution >= 0.6 is 0 Å². The van der Waals surface area contributed by atoms with Crippen LogP contribution in [0.2, 0.25) is 0 Å². The molecule has 4 N–H and O–H groups in total. The number of nitrogens with one attached hydrogen (secondary N) is 1.